The third-order valence-corrected chi connectivity index (χ3v) is 6.65. The van der Waals surface area contributed by atoms with E-state index in [2.05, 4.69) is 4.98 Å². The lowest BCUT2D eigenvalue weighted by atomic mass is 10.0. The minimum Gasteiger partial charge on any atom is -0.309 e. The second-order valence-electron chi connectivity index (χ2n) is 6.51. The number of anilines is 1. The van der Waals surface area contributed by atoms with E-state index in [9.17, 15) is 13.2 Å². The summed E-state index contributed by atoms with van der Waals surface area (Å²) in [5.41, 5.74) is 2.60. The second-order valence-corrected chi connectivity index (χ2v) is 9.59. The lowest BCUT2D eigenvalue weighted by molar-refractivity contribution is -0.114. The number of para-hydroxylation sites is 1. The molecule has 0 aliphatic carbocycles. The standard InChI is InChI=1S/C20H18N2O3S2/c1-27(24,25)15-8-9-17-14(13-15)5-4-12-22(17)20(23)11-10-19-21-16-6-2-3-7-18(16)26-19/h2-3,6-11,13H,4-5,12H2,1H3. The molecule has 2 aromatic carbocycles. The maximum Gasteiger partial charge on any atom is 0.251 e. The zero-order valence-corrected chi connectivity index (χ0v) is 16.4. The number of nitrogens with zero attached hydrogens (tertiary/aromatic N) is 2. The van der Waals surface area contributed by atoms with Gasteiger partial charge in [0.15, 0.2) is 9.84 Å². The average molecular weight is 399 g/mol. The number of fused-ring (bicyclic) bond motifs is 2. The molecule has 0 saturated carbocycles. The SMILES string of the molecule is CS(=O)(=O)c1ccc2c(c1)CCCN2C(=O)C=Cc1nc2ccccc2s1. The Morgan fingerprint density at radius 2 is 2.04 bits per heavy atom. The molecule has 7 heteroatoms. The molecular weight excluding hydrogens is 380 g/mol. The number of thiazole rings is 1. The van der Waals surface area contributed by atoms with Gasteiger partial charge in [-0.2, -0.15) is 0 Å². The fraction of sp³-hybridized carbons (Fsp3) is 0.200. The molecule has 0 fully saturated rings. The van der Waals surface area contributed by atoms with Crippen molar-refractivity contribution in [2.75, 3.05) is 17.7 Å². The molecule has 2 heterocycles. The van der Waals surface area contributed by atoms with Gasteiger partial charge in [-0.3, -0.25) is 4.79 Å². The highest BCUT2D eigenvalue weighted by Gasteiger charge is 2.22. The van der Waals surface area contributed by atoms with E-state index in [1.54, 1.807) is 40.5 Å². The molecule has 138 valence electrons. The van der Waals surface area contributed by atoms with Crippen LogP contribution in [0.5, 0.6) is 0 Å². The Balaban J connectivity index is 1.59. The summed E-state index contributed by atoms with van der Waals surface area (Å²) in [7, 11) is -3.26. The van der Waals surface area contributed by atoms with Crippen molar-refractivity contribution >= 4 is 49.1 Å². The fourth-order valence-electron chi connectivity index (χ4n) is 3.23. The maximum atomic E-state index is 12.7. The topological polar surface area (TPSA) is 67.3 Å². The number of aromatic nitrogens is 1. The van der Waals surface area contributed by atoms with Gasteiger partial charge in [-0.25, -0.2) is 13.4 Å². The molecule has 0 N–H and O–H groups in total. The van der Waals surface area contributed by atoms with Gasteiger partial charge in [0.05, 0.1) is 15.1 Å². The lowest BCUT2D eigenvalue weighted by Gasteiger charge is -2.29. The van der Waals surface area contributed by atoms with E-state index in [-0.39, 0.29) is 5.91 Å². The average Bonchev–Trinajstić information content (AvgIpc) is 3.07. The molecule has 0 atom stereocenters. The monoisotopic (exact) mass is 398 g/mol. The highest BCUT2D eigenvalue weighted by Crippen LogP contribution is 2.30. The van der Waals surface area contributed by atoms with E-state index >= 15 is 0 Å². The van der Waals surface area contributed by atoms with Gasteiger partial charge in [0.1, 0.15) is 5.01 Å². The third-order valence-electron chi connectivity index (χ3n) is 4.54. The van der Waals surface area contributed by atoms with Crippen LogP contribution in [-0.2, 0) is 21.1 Å². The highest BCUT2D eigenvalue weighted by atomic mass is 32.2. The van der Waals surface area contributed by atoms with Crippen molar-refractivity contribution in [3.8, 4) is 0 Å². The summed E-state index contributed by atoms with van der Waals surface area (Å²) in [6.45, 7) is 0.619. The van der Waals surface area contributed by atoms with Crippen LogP contribution in [0.15, 0.2) is 53.4 Å². The molecule has 0 saturated heterocycles. The smallest absolute Gasteiger partial charge is 0.251 e. The van der Waals surface area contributed by atoms with Crippen molar-refractivity contribution in [2.45, 2.75) is 17.7 Å². The van der Waals surface area contributed by atoms with Gasteiger partial charge in [-0.1, -0.05) is 12.1 Å². The Bertz CT molecular complexity index is 1130. The summed E-state index contributed by atoms with van der Waals surface area (Å²) in [4.78, 5) is 19.2. The van der Waals surface area contributed by atoms with Crippen LogP contribution < -0.4 is 4.90 Å². The molecule has 0 unspecified atom stereocenters. The number of amides is 1. The fourth-order valence-corrected chi connectivity index (χ4v) is 4.77. The van der Waals surface area contributed by atoms with E-state index < -0.39 is 9.84 Å². The number of aryl methyl sites for hydroxylation is 1. The van der Waals surface area contributed by atoms with Gasteiger partial charge >= 0.3 is 0 Å². The molecular formula is C20H18N2O3S2. The van der Waals surface area contributed by atoms with Crippen LogP contribution in [0.4, 0.5) is 5.69 Å². The Labute approximate surface area is 161 Å². The van der Waals surface area contributed by atoms with Crippen molar-refractivity contribution in [1.82, 2.24) is 4.98 Å². The number of rotatable bonds is 3. The quantitative estimate of drug-likeness (QED) is 0.631. The zero-order chi connectivity index (χ0) is 19.0. The first kappa shape index (κ1) is 17.9. The predicted octanol–water partition coefficient (Wildman–Crippen LogP) is 3.69. The summed E-state index contributed by atoms with van der Waals surface area (Å²) in [5, 5.41) is 0.786. The minimum atomic E-state index is -3.26. The van der Waals surface area contributed by atoms with E-state index in [1.807, 2.05) is 24.3 Å². The largest absolute Gasteiger partial charge is 0.309 e. The summed E-state index contributed by atoms with van der Waals surface area (Å²) in [6.07, 6.45) is 6.05. The first-order valence-electron chi connectivity index (χ1n) is 8.60. The van der Waals surface area contributed by atoms with Crippen LogP contribution in [0.1, 0.15) is 17.0 Å². The second kappa shape index (κ2) is 6.90. The summed E-state index contributed by atoms with van der Waals surface area (Å²) >= 11 is 1.54. The molecule has 27 heavy (non-hydrogen) atoms. The summed E-state index contributed by atoms with van der Waals surface area (Å²) < 4.78 is 24.6. The summed E-state index contributed by atoms with van der Waals surface area (Å²) in [5.74, 6) is -0.123. The van der Waals surface area contributed by atoms with Crippen LogP contribution in [0, 0.1) is 0 Å². The molecule has 0 radical (unpaired) electrons. The third kappa shape index (κ3) is 3.65. The number of hydrogen-bond donors (Lipinski definition) is 0. The van der Waals surface area contributed by atoms with Crippen molar-refractivity contribution < 1.29 is 13.2 Å². The summed E-state index contributed by atoms with van der Waals surface area (Å²) in [6, 6.07) is 12.8. The van der Waals surface area contributed by atoms with E-state index in [0.29, 0.717) is 11.4 Å². The number of carbonyl (C=O) groups excluding carboxylic acids is 1. The molecule has 3 aromatic rings. The van der Waals surface area contributed by atoms with Crippen molar-refractivity contribution in [2.24, 2.45) is 0 Å². The Hall–Kier alpha value is -2.51. The predicted molar refractivity (Wildman–Crippen MR) is 109 cm³/mol. The van der Waals surface area contributed by atoms with Gasteiger partial charge < -0.3 is 4.90 Å². The molecule has 5 nitrogen and oxygen atoms in total. The van der Waals surface area contributed by atoms with Gasteiger partial charge in [0.25, 0.3) is 5.91 Å². The van der Waals surface area contributed by atoms with Crippen molar-refractivity contribution in [3.63, 3.8) is 0 Å². The molecule has 1 aromatic heterocycles. The van der Waals surface area contributed by atoms with E-state index in [0.717, 1.165) is 39.3 Å². The van der Waals surface area contributed by atoms with Crippen LogP contribution in [0.2, 0.25) is 0 Å². The van der Waals surface area contributed by atoms with Crippen molar-refractivity contribution in [3.05, 3.63) is 59.1 Å². The first-order valence-corrected chi connectivity index (χ1v) is 11.3. The van der Waals surface area contributed by atoms with Crippen LogP contribution in [0.25, 0.3) is 16.3 Å². The molecule has 0 spiro atoms. The lowest BCUT2D eigenvalue weighted by Crippen LogP contribution is -2.34. The van der Waals surface area contributed by atoms with Crippen LogP contribution in [0.3, 0.4) is 0 Å². The molecule has 1 aliphatic heterocycles. The molecule has 1 aliphatic rings. The zero-order valence-electron chi connectivity index (χ0n) is 14.8. The molecule has 0 bridgehead atoms. The number of hydrogen-bond acceptors (Lipinski definition) is 5. The van der Waals surface area contributed by atoms with Gasteiger partial charge in [-0.15, -0.1) is 11.3 Å². The van der Waals surface area contributed by atoms with Gasteiger partial charge in [0, 0.05) is 24.6 Å². The number of benzene rings is 2. The van der Waals surface area contributed by atoms with Crippen molar-refractivity contribution in [1.29, 1.82) is 0 Å². The number of carbonyl (C=O) groups is 1. The molecule has 1 amide bonds. The van der Waals surface area contributed by atoms with Gasteiger partial charge in [-0.05, 0) is 54.8 Å². The first-order chi connectivity index (χ1) is 12.9. The normalized spacial score (nSPS) is 14.6. The Morgan fingerprint density at radius 1 is 1.22 bits per heavy atom. The van der Waals surface area contributed by atoms with E-state index in [4.69, 9.17) is 0 Å². The van der Waals surface area contributed by atoms with Crippen LogP contribution >= 0.6 is 11.3 Å². The maximum absolute atomic E-state index is 12.7. The van der Waals surface area contributed by atoms with Crippen LogP contribution in [-0.4, -0.2) is 32.1 Å². The van der Waals surface area contributed by atoms with E-state index in [1.165, 1.54) is 12.3 Å². The number of sulfone groups is 1. The van der Waals surface area contributed by atoms with Gasteiger partial charge in [0.2, 0.25) is 0 Å². The Morgan fingerprint density at radius 3 is 2.81 bits per heavy atom. The Kier molecular flexibility index (Phi) is 4.57. The minimum absolute atomic E-state index is 0.123. The molecule has 4 rings (SSSR count). The highest BCUT2D eigenvalue weighted by molar-refractivity contribution is 7.90.